The zero-order valence-corrected chi connectivity index (χ0v) is 32.8. The zero-order chi connectivity index (χ0) is 41.1. The normalized spacial score (nSPS) is 21.8. The second kappa shape index (κ2) is 28.2. The smallest absolute Gasteiger partial charge is 0.456 e. The molecule has 0 spiro atoms. The van der Waals surface area contributed by atoms with Crippen molar-refractivity contribution in [3.63, 3.8) is 0 Å². The van der Waals surface area contributed by atoms with Crippen LogP contribution >= 0.6 is 15.6 Å². The van der Waals surface area contributed by atoms with Crippen molar-refractivity contribution in [1.82, 2.24) is 0 Å². The van der Waals surface area contributed by atoms with Gasteiger partial charge in [0.25, 0.3) is 0 Å². The van der Waals surface area contributed by atoms with E-state index in [1.807, 2.05) is 0 Å². The van der Waals surface area contributed by atoms with Crippen LogP contribution in [0.3, 0.4) is 0 Å². The number of phosphoric acid groups is 2. The molecule has 0 radical (unpaired) electrons. The molecule has 1 aliphatic rings. The number of ether oxygens (including phenoxy) is 2. The van der Waals surface area contributed by atoms with Crippen LogP contribution in [0.2, 0.25) is 0 Å². The fourth-order valence-electron chi connectivity index (χ4n) is 5.14. The van der Waals surface area contributed by atoms with E-state index in [1.54, 1.807) is 6.92 Å². The van der Waals surface area contributed by atoms with Gasteiger partial charge in [0.2, 0.25) is 0 Å². The summed E-state index contributed by atoms with van der Waals surface area (Å²) in [6.45, 7) is 2.18. The summed E-state index contributed by atoms with van der Waals surface area (Å²) in [6, 6.07) is 0. The molecule has 0 aliphatic heterocycles. The maximum atomic E-state index is 12.8. The number of phosphoric ester groups is 2. The summed E-state index contributed by atoms with van der Waals surface area (Å²) in [4.78, 5) is 53.1. The van der Waals surface area contributed by atoms with Gasteiger partial charge in [-0.1, -0.05) is 89.9 Å². The summed E-state index contributed by atoms with van der Waals surface area (Å²) >= 11 is 0. The third-order valence-corrected chi connectivity index (χ3v) is 9.40. The predicted octanol–water partition coefficient (Wildman–Crippen LogP) is 2.40. The molecule has 1 fully saturated rings. The first-order valence-electron chi connectivity index (χ1n) is 18.0. The van der Waals surface area contributed by atoms with E-state index in [0.717, 1.165) is 32.1 Å². The third-order valence-electron chi connectivity index (χ3n) is 7.89. The molecule has 5 unspecified atom stereocenters. The number of unbranched alkanes of at least 4 members (excludes halogenated alkanes) is 12. The lowest BCUT2D eigenvalue weighted by Crippen LogP contribution is -2.64. The van der Waals surface area contributed by atoms with Gasteiger partial charge in [-0.2, -0.15) is 0 Å². The molecule has 0 aromatic rings. The Labute approximate surface area is 322 Å². The number of rotatable bonds is 24. The Bertz CT molecular complexity index is 1590. The van der Waals surface area contributed by atoms with Gasteiger partial charge in [-0.15, -0.1) is 0 Å². The molecule has 7 N–H and O–H groups in total. The molecule has 0 bridgehead atoms. The fourth-order valence-corrected chi connectivity index (χ4v) is 6.68. The summed E-state index contributed by atoms with van der Waals surface area (Å²) in [6.07, 6.45) is -0.915. The zero-order valence-electron chi connectivity index (χ0n) is 31.1. The Balaban J connectivity index is 2.78. The standard InChI is InChI=1S/C37H52O16P2/c1-3-5-7-9-11-13-14-15-16-18-20-22-24-26-31(39)51-29(27-49-30(38)25-23-21-19-17-12-10-8-6-4-2)28-50-55(47,48)53-37-34(42)32(40)36(33(41)35(37)43)52-54(44,45)46/h29,32-37,40-43H,3,5,7,9,11,13-16,18,20,22,24,26-28H2,1-2H3,(H,47,48)(H2,44,45,46)/t29-,32-,33?,34?,35-,36?,37?/m0/s1. The summed E-state index contributed by atoms with van der Waals surface area (Å²) in [5.41, 5.74) is 0. The summed E-state index contributed by atoms with van der Waals surface area (Å²) in [5.74, 6) is 21.8. The second-order valence-corrected chi connectivity index (χ2v) is 15.0. The van der Waals surface area contributed by atoms with E-state index < -0.39 is 83.5 Å². The van der Waals surface area contributed by atoms with Crippen LogP contribution < -0.4 is 0 Å². The summed E-state index contributed by atoms with van der Waals surface area (Å²) < 4.78 is 48.2. The SMILES string of the molecule is CC#CC#CC#CC#CC#CC(=O)OC[C@@H](COP(=O)(O)OC1C(O)[C@H](O)C(OP(=O)(O)O)C(O)[C@@H]1O)OC(=O)CCCCCCCCCCCCCCC. The van der Waals surface area contributed by atoms with Crippen LogP contribution in [0.4, 0.5) is 0 Å². The van der Waals surface area contributed by atoms with Gasteiger partial charge in [-0.3, -0.25) is 18.4 Å². The van der Waals surface area contributed by atoms with Crippen LogP contribution in [0.15, 0.2) is 0 Å². The van der Waals surface area contributed by atoms with Crippen LogP contribution in [-0.2, 0) is 41.8 Å². The summed E-state index contributed by atoms with van der Waals surface area (Å²) in [5, 5.41) is 41.1. The highest BCUT2D eigenvalue weighted by Gasteiger charge is 2.54. The predicted molar refractivity (Wildman–Crippen MR) is 197 cm³/mol. The second-order valence-electron chi connectivity index (χ2n) is 12.4. The van der Waals surface area contributed by atoms with E-state index in [1.165, 1.54) is 44.9 Å². The van der Waals surface area contributed by atoms with Crippen molar-refractivity contribution in [2.75, 3.05) is 13.2 Å². The van der Waals surface area contributed by atoms with E-state index >= 15 is 0 Å². The molecule has 1 saturated carbocycles. The van der Waals surface area contributed by atoms with E-state index in [9.17, 15) is 44.0 Å². The Morgan fingerprint density at radius 2 is 1.05 bits per heavy atom. The van der Waals surface area contributed by atoms with Gasteiger partial charge in [0, 0.05) is 12.3 Å². The molecule has 0 aromatic heterocycles. The highest BCUT2D eigenvalue weighted by atomic mass is 31.2. The highest BCUT2D eigenvalue weighted by molar-refractivity contribution is 7.47. The molecule has 0 saturated heterocycles. The molecule has 16 nitrogen and oxygen atoms in total. The monoisotopic (exact) mass is 814 g/mol. The molecule has 8 atom stereocenters. The van der Waals surface area contributed by atoms with Gasteiger partial charge < -0.3 is 44.6 Å². The van der Waals surface area contributed by atoms with Gasteiger partial charge >= 0.3 is 27.6 Å². The molecule has 0 aromatic carbocycles. The largest absolute Gasteiger partial charge is 0.472 e. The van der Waals surface area contributed by atoms with E-state index in [2.05, 4.69) is 70.7 Å². The number of aliphatic hydroxyl groups excluding tert-OH is 4. The average molecular weight is 815 g/mol. The molecule has 55 heavy (non-hydrogen) atoms. The number of esters is 2. The van der Waals surface area contributed by atoms with Crippen molar-refractivity contribution >= 4 is 27.6 Å². The molecule has 0 heterocycles. The number of aliphatic hydroxyl groups is 4. The van der Waals surface area contributed by atoms with Crippen molar-refractivity contribution in [3.05, 3.63) is 0 Å². The van der Waals surface area contributed by atoms with Crippen molar-refractivity contribution < 1.29 is 76.9 Å². The molecule has 18 heteroatoms. The van der Waals surface area contributed by atoms with Crippen molar-refractivity contribution in [3.8, 4) is 59.2 Å². The van der Waals surface area contributed by atoms with Crippen molar-refractivity contribution in [2.24, 2.45) is 0 Å². The van der Waals surface area contributed by atoms with Crippen molar-refractivity contribution in [2.45, 2.75) is 146 Å². The lowest BCUT2D eigenvalue weighted by molar-refractivity contribution is -0.216. The first-order valence-corrected chi connectivity index (χ1v) is 21.0. The van der Waals surface area contributed by atoms with E-state index in [-0.39, 0.29) is 6.42 Å². The highest BCUT2D eigenvalue weighted by Crippen LogP contribution is 2.48. The van der Waals surface area contributed by atoms with Gasteiger partial charge in [-0.25, -0.2) is 13.9 Å². The lowest BCUT2D eigenvalue weighted by atomic mass is 9.85. The Morgan fingerprint density at radius 3 is 1.53 bits per heavy atom. The van der Waals surface area contributed by atoms with Crippen LogP contribution in [0.5, 0.6) is 0 Å². The average Bonchev–Trinajstić information content (AvgIpc) is 3.13. The topological polar surface area (TPSA) is 256 Å². The van der Waals surface area contributed by atoms with E-state index in [0.29, 0.717) is 6.42 Å². The Kier molecular flexibility index (Phi) is 25.6. The number of hydrogen-bond acceptors (Lipinski definition) is 13. The number of hydrogen-bond donors (Lipinski definition) is 7. The Morgan fingerprint density at radius 1 is 0.618 bits per heavy atom. The minimum Gasteiger partial charge on any atom is -0.456 e. The lowest BCUT2D eigenvalue weighted by Gasteiger charge is -2.43. The van der Waals surface area contributed by atoms with Crippen LogP contribution in [0.1, 0.15) is 104 Å². The molecule has 0 amide bonds. The van der Waals surface area contributed by atoms with Crippen LogP contribution in [-0.4, -0.2) is 103 Å². The minimum atomic E-state index is -5.33. The van der Waals surface area contributed by atoms with Crippen LogP contribution in [0.25, 0.3) is 0 Å². The fraction of sp³-hybridized carbons (Fsp3) is 0.676. The molecular formula is C37H52O16P2. The summed E-state index contributed by atoms with van der Waals surface area (Å²) in [7, 11) is -10.7. The maximum absolute atomic E-state index is 12.8. The van der Waals surface area contributed by atoms with Crippen LogP contribution in [0, 0.1) is 59.2 Å². The molecular weight excluding hydrogens is 762 g/mol. The molecule has 306 valence electrons. The first-order chi connectivity index (χ1) is 26.1. The quantitative estimate of drug-likeness (QED) is 0.0243. The van der Waals surface area contributed by atoms with Gasteiger partial charge in [0.05, 0.1) is 6.61 Å². The molecule has 1 rings (SSSR count). The van der Waals surface area contributed by atoms with E-state index in [4.69, 9.17) is 28.3 Å². The third kappa shape index (κ3) is 23.5. The molecule has 1 aliphatic carbocycles. The maximum Gasteiger partial charge on any atom is 0.472 e. The number of carbonyl (C=O) groups excluding carboxylic acids is 2. The van der Waals surface area contributed by atoms with Gasteiger partial charge in [0.15, 0.2) is 6.10 Å². The number of carbonyl (C=O) groups is 2. The first kappa shape index (κ1) is 49.8. The van der Waals surface area contributed by atoms with Gasteiger partial charge in [0.1, 0.15) is 43.2 Å². The van der Waals surface area contributed by atoms with Gasteiger partial charge in [-0.05, 0) is 60.7 Å². The Hall–Kier alpha value is -3.20. The van der Waals surface area contributed by atoms with Crippen molar-refractivity contribution in [1.29, 1.82) is 0 Å². The minimum absolute atomic E-state index is 0.0184.